The van der Waals surface area contributed by atoms with Gasteiger partial charge in [0.25, 0.3) is 11.8 Å². The molecule has 8 heteroatoms. The number of ether oxygens (including phenoxy) is 1. The molecular formula is C23H29N4O3S+. The van der Waals surface area contributed by atoms with E-state index in [9.17, 15) is 9.59 Å². The fourth-order valence-electron chi connectivity index (χ4n) is 3.93. The molecule has 4 rings (SSSR count). The van der Waals surface area contributed by atoms with Gasteiger partial charge in [-0.1, -0.05) is 30.0 Å². The highest BCUT2D eigenvalue weighted by molar-refractivity contribution is 8.00. The first-order valence-electron chi connectivity index (χ1n) is 10.8. The van der Waals surface area contributed by atoms with Crippen LogP contribution in [0.4, 0.5) is 11.4 Å². The molecule has 7 nitrogen and oxygen atoms in total. The normalized spacial score (nSPS) is 18.7. The highest BCUT2D eigenvalue weighted by atomic mass is 32.2. The van der Waals surface area contributed by atoms with Gasteiger partial charge in [-0.3, -0.25) is 9.59 Å². The maximum Gasteiger partial charge on any atom is 0.294 e. The van der Waals surface area contributed by atoms with Gasteiger partial charge in [0, 0.05) is 35.8 Å². The first kappa shape index (κ1) is 21.7. The summed E-state index contributed by atoms with van der Waals surface area (Å²) >= 11 is 1.57. The summed E-state index contributed by atoms with van der Waals surface area (Å²) in [6.45, 7) is 7.28. The lowest BCUT2D eigenvalue weighted by molar-refractivity contribution is -0.909. The van der Waals surface area contributed by atoms with Gasteiger partial charge in [0.1, 0.15) is 13.1 Å². The number of nitrogens with one attached hydrogen (secondary N) is 3. The first-order valence-corrected chi connectivity index (χ1v) is 11.7. The second kappa shape index (κ2) is 10.2. The van der Waals surface area contributed by atoms with E-state index in [0.717, 1.165) is 36.8 Å². The highest BCUT2D eigenvalue weighted by Gasteiger charge is 2.36. The third kappa shape index (κ3) is 5.20. The third-order valence-corrected chi connectivity index (χ3v) is 7.05. The summed E-state index contributed by atoms with van der Waals surface area (Å²) in [5, 5.41) is 5.82. The number of thioether (sulfide) groups is 1. The minimum absolute atomic E-state index is 0.00610. The molecule has 164 valence electrons. The highest BCUT2D eigenvalue weighted by Crippen LogP contribution is 2.34. The van der Waals surface area contributed by atoms with E-state index in [2.05, 4.69) is 34.6 Å². The van der Waals surface area contributed by atoms with Gasteiger partial charge in [-0.15, -0.1) is 0 Å². The van der Waals surface area contributed by atoms with Crippen LogP contribution in [0.1, 0.15) is 17.3 Å². The van der Waals surface area contributed by atoms with Crippen LogP contribution < -0.4 is 20.4 Å². The van der Waals surface area contributed by atoms with Crippen LogP contribution in [0.5, 0.6) is 0 Å². The van der Waals surface area contributed by atoms with Gasteiger partial charge >= 0.3 is 0 Å². The summed E-state index contributed by atoms with van der Waals surface area (Å²) in [6.07, 6.45) is 0. The van der Waals surface area contributed by atoms with E-state index in [4.69, 9.17) is 4.74 Å². The van der Waals surface area contributed by atoms with Crippen molar-refractivity contribution >= 4 is 35.0 Å². The number of benzene rings is 2. The Hall–Kier alpha value is -2.55. The number of likely N-dealkylation sites (N-methyl/N-ethyl adjacent to an activating group) is 1. The number of para-hydroxylation sites is 1. The quantitative estimate of drug-likeness (QED) is 0.603. The van der Waals surface area contributed by atoms with Crippen LogP contribution in [0.3, 0.4) is 0 Å². The molecule has 2 aliphatic rings. The molecule has 2 amide bonds. The molecule has 1 saturated heterocycles. The van der Waals surface area contributed by atoms with E-state index in [-0.39, 0.29) is 17.2 Å². The molecule has 2 aliphatic heterocycles. The molecule has 1 atom stereocenters. The Morgan fingerprint density at radius 3 is 2.74 bits per heavy atom. The van der Waals surface area contributed by atoms with E-state index in [1.54, 1.807) is 17.8 Å². The minimum atomic E-state index is -0.172. The molecule has 1 fully saturated rings. The summed E-state index contributed by atoms with van der Waals surface area (Å²) in [5.41, 5.74) is 2.41. The zero-order valence-electron chi connectivity index (χ0n) is 17.7. The van der Waals surface area contributed by atoms with Gasteiger partial charge in [0.2, 0.25) is 5.37 Å². The number of hydrogen-bond acceptors (Lipinski definition) is 5. The lowest BCUT2D eigenvalue weighted by atomic mass is 10.1. The van der Waals surface area contributed by atoms with E-state index in [1.807, 2.05) is 30.3 Å². The Bertz CT molecular complexity index is 918. The van der Waals surface area contributed by atoms with Crippen molar-refractivity contribution in [2.75, 3.05) is 56.2 Å². The molecule has 3 N–H and O–H groups in total. The zero-order chi connectivity index (χ0) is 21.6. The SMILES string of the molecule is CCN(CCNC(=O)c1ccc2c(c1)NC(=O)C([NH+]1CCOCC1)S2)c1ccccc1. The van der Waals surface area contributed by atoms with E-state index in [1.165, 1.54) is 4.90 Å². The van der Waals surface area contributed by atoms with E-state index < -0.39 is 0 Å². The number of amides is 2. The van der Waals surface area contributed by atoms with Crippen LogP contribution in [0.15, 0.2) is 53.4 Å². The Balaban J connectivity index is 1.35. The van der Waals surface area contributed by atoms with E-state index in [0.29, 0.717) is 31.0 Å². The van der Waals surface area contributed by atoms with Gasteiger partial charge < -0.3 is 25.2 Å². The largest absolute Gasteiger partial charge is 0.370 e. The molecule has 0 radical (unpaired) electrons. The molecule has 0 aliphatic carbocycles. The van der Waals surface area contributed by atoms with Crippen molar-refractivity contribution < 1.29 is 19.2 Å². The Morgan fingerprint density at radius 1 is 1.23 bits per heavy atom. The molecule has 0 saturated carbocycles. The Morgan fingerprint density at radius 2 is 2.00 bits per heavy atom. The van der Waals surface area contributed by atoms with Crippen LogP contribution in [-0.4, -0.2) is 63.1 Å². The minimum Gasteiger partial charge on any atom is -0.370 e. The van der Waals surface area contributed by atoms with Gasteiger partial charge in [0.05, 0.1) is 18.9 Å². The van der Waals surface area contributed by atoms with Crippen molar-refractivity contribution in [2.45, 2.75) is 17.2 Å². The third-order valence-electron chi connectivity index (χ3n) is 5.66. The lowest BCUT2D eigenvalue weighted by Crippen LogP contribution is -3.18. The molecule has 0 bridgehead atoms. The molecular weight excluding hydrogens is 412 g/mol. The second-order valence-electron chi connectivity index (χ2n) is 7.64. The average molecular weight is 442 g/mol. The van der Waals surface area contributed by atoms with Crippen LogP contribution in [0, 0.1) is 0 Å². The topological polar surface area (TPSA) is 75.1 Å². The van der Waals surface area contributed by atoms with Gasteiger partial charge in [-0.05, 0) is 37.3 Å². The summed E-state index contributed by atoms with van der Waals surface area (Å²) in [7, 11) is 0. The number of morpholine rings is 1. The average Bonchev–Trinajstić information content (AvgIpc) is 2.82. The molecule has 31 heavy (non-hydrogen) atoms. The van der Waals surface area contributed by atoms with Crippen molar-refractivity contribution in [2.24, 2.45) is 0 Å². The molecule has 0 spiro atoms. The summed E-state index contributed by atoms with van der Waals surface area (Å²) in [6, 6.07) is 15.7. The van der Waals surface area contributed by atoms with E-state index >= 15 is 0 Å². The number of fused-ring (bicyclic) bond motifs is 1. The number of quaternary nitrogens is 1. The standard InChI is InChI=1S/C23H28N4O3S/c1-2-26(18-6-4-3-5-7-18)11-10-24-21(28)17-8-9-20-19(16-17)25-22(29)23(31-20)27-12-14-30-15-13-27/h3-9,16,23H,2,10-15H2,1H3,(H,24,28)(H,25,29)/p+1. The Labute approximate surface area is 187 Å². The first-order chi connectivity index (χ1) is 15.2. The number of carbonyl (C=O) groups is 2. The number of hydrogen-bond donors (Lipinski definition) is 3. The number of carbonyl (C=O) groups excluding carboxylic acids is 2. The van der Waals surface area contributed by atoms with Crippen molar-refractivity contribution in [1.29, 1.82) is 0 Å². The monoisotopic (exact) mass is 441 g/mol. The zero-order valence-corrected chi connectivity index (χ0v) is 18.5. The second-order valence-corrected chi connectivity index (χ2v) is 8.79. The van der Waals surface area contributed by atoms with Crippen molar-refractivity contribution in [3.05, 3.63) is 54.1 Å². The van der Waals surface area contributed by atoms with Crippen LogP contribution in [0.25, 0.3) is 0 Å². The Kier molecular flexibility index (Phi) is 7.11. The maximum absolute atomic E-state index is 12.7. The van der Waals surface area contributed by atoms with Gasteiger partial charge in [0.15, 0.2) is 0 Å². The predicted octanol–water partition coefficient (Wildman–Crippen LogP) is 1.23. The number of nitrogens with zero attached hydrogens (tertiary/aromatic N) is 1. The molecule has 2 heterocycles. The maximum atomic E-state index is 12.7. The summed E-state index contributed by atoms with van der Waals surface area (Å²) in [4.78, 5) is 29.8. The number of anilines is 2. The van der Waals surface area contributed by atoms with Crippen molar-refractivity contribution in [3.63, 3.8) is 0 Å². The van der Waals surface area contributed by atoms with Crippen LogP contribution >= 0.6 is 11.8 Å². The molecule has 2 aromatic carbocycles. The number of rotatable bonds is 7. The molecule has 1 unspecified atom stereocenters. The lowest BCUT2D eigenvalue weighted by Gasteiger charge is -2.32. The predicted molar refractivity (Wildman–Crippen MR) is 123 cm³/mol. The van der Waals surface area contributed by atoms with Crippen molar-refractivity contribution in [3.8, 4) is 0 Å². The molecule has 0 aromatic heterocycles. The fraction of sp³-hybridized carbons (Fsp3) is 0.391. The van der Waals surface area contributed by atoms with Crippen LogP contribution in [-0.2, 0) is 9.53 Å². The molecule has 2 aromatic rings. The van der Waals surface area contributed by atoms with Crippen LogP contribution in [0.2, 0.25) is 0 Å². The summed E-state index contributed by atoms with van der Waals surface area (Å²) in [5.74, 6) is -0.138. The van der Waals surface area contributed by atoms with Crippen molar-refractivity contribution in [1.82, 2.24) is 5.32 Å². The summed E-state index contributed by atoms with van der Waals surface area (Å²) < 4.78 is 5.41. The van der Waals surface area contributed by atoms with Gasteiger partial charge in [-0.25, -0.2) is 0 Å². The van der Waals surface area contributed by atoms with Gasteiger partial charge in [-0.2, -0.15) is 0 Å². The smallest absolute Gasteiger partial charge is 0.294 e. The fourth-order valence-corrected chi connectivity index (χ4v) is 5.14.